The van der Waals surface area contributed by atoms with Gasteiger partial charge in [-0.3, -0.25) is 9.78 Å². The van der Waals surface area contributed by atoms with Crippen molar-refractivity contribution >= 4 is 16.8 Å². The summed E-state index contributed by atoms with van der Waals surface area (Å²) in [6.07, 6.45) is 2.39. The molecule has 3 nitrogen and oxygen atoms in total. The minimum atomic E-state index is 0.139. The van der Waals surface area contributed by atoms with Crippen LogP contribution in [-0.2, 0) is 11.3 Å². The second kappa shape index (κ2) is 5.00. The molecule has 0 bridgehead atoms. The van der Waals surface area contributed by atoms with E-state index in [2.05, 4.69) is 10.3 Å². The molecule has 1 amide bonds. The summed E-state index contributed by atoms with van der Waals surface area (Å²) in [5.74, 6) is 0.891. The predicted octanol–water partition coefficient (Wildman–Crippen LogP) is 2.90. The van der Waals surface area contributed by atoms with Gasteiger partial charge in [0.15, 0.2) is 0 Å². The van der Waals surface area contributed by atoms with E-state index in [0.29, 0.717) is 12.5 Å². The van der Waals surface area contributed by atoms with E-state index in [1.165, 1.54) is 12.8 Å². The molecule has 0 saturated heterocycles. The summed E-state index contributed by atoms with van der Waals surface area (Å²) < 4.78 is 0. The molecule has 1 fully saturated rings. The molecule has 1 aromatic carbocycles. The van der Waals surface area contributed by atoms with Crippen molar-refractivity contribution in [1.82, 2.24) is 10.3 Å². The average Bonchev–Trinajstić information content (AvgIpc) is 3.28. The van der Waals surface area contributed by atoms with Crippen molar-refractivity contribution in [2.45, 2.75) is 26.3 Å². The standard InChI is InChI=1S/C16H18N2O/c1-11(12-6-7-12)16(19)17-10-14-9-8-13-4-2-3-5-15(13)18-14/h2-5,8-9,11-12H,6-7,10H2,1H3,(H,17,19). The number of aromatic nitrogens is 1. The van der Waals surface area contributed by atoms with Gasteiger partial charge in [0.25, 0.3) is 0 Å². The lowest BCUT2D eigenvalue weighted by Gasteiger charge is -2.11. The number of rotatable bonds is 4. The van der Waals surface area contributed by atoms with Crippen molar-refractivity contribution in [2.75, 3.05) is 0 Å². The van der Waals surface area contributed by atoms with Crippen LogP contribution < -0.4 is 5.32 Å². The number of hydrogen-bond acceptors (Lipinski definition) is 2. The maximum Gasteiger partial charge on any atom is 0.223 e. The zero-order valence-electron chi connectivity index (χ0n) is 11.1. The van der Waals surface area contributed by atoms with Gasteiger partial charge in [-0.15, -0.1) is 0 Å². The molecule has 3 rings (SSSR count). The molecule has 1 aromatic heterocycles. The van der Waals surface area contributed by atoms with E-state index in [-0.39, 0.29) is 11.8 Å². The highest BCUT2D eigenvalue weighted by Gasteiger charge is 2.32. The quantitative estimate of drug-likeness (QED) is 0.911. The molecule has 3 heteroatoms. The van der Waals surface area contributed by atoms with Gasteiger partial charge in [0.1, 0.15) is 0 Å². The first-order valence-electron chi connectivity index (χ1n) is 6.86. The smallest absolute Gasteiger partial charge is 0.223 e. The second-order valence-electron chi connectivity index (χ2n) is 5.34. The molecule has 1 aliphatic rings. The normalized spacial score (nSPS) is 16.3. The zero-order valence-corrected chi connectivity index (χ0v) is 11.1. The van der Waals surface area contributed by atoms with Gasteiger partial charge in [-0.1, -0.05) is 31.2 Å². The van der Waals surface area contributed by atoms with Gasteiger partial charge in [0.05, 0.1) is 17.8 Å². The van der Waals surface area contributed by atoms with Crippen LogP contribution in [-0.4, -0.2) is 10.9 Å². The van der Waals surface area contributed by atoms with Crippen LogP contribution >= 0.6 is 0 Å². The number of amides is 1. The Kier molecular flexibility index (Phi) is 3.20. The highest BCUT2D eigenvalue weighted by atomic mass is 16.1. The Hall–Kier alpha value is -1.90. The molecule has 1 saturated carbocycles. The third-order valence-corrected chi connectivity index (χ3v) is 3.84. The predicted molar refractivity (Wildman–Crippen MR) is 75.5 cm³/mol. The van der Waals surface area contributed by atoms with Crippen molar-refractivity contribution in [3.8, 4) is 0 Å². The molecule has 1 atom stereocenters. The van der Waals surface area contributed by atoms with Gasteiger partial charge in [-0.05, 0) is 30.9 Å². The topological polar surface area (TPSA) is 42.0 Å². The van der Waals surface area contributed by atoms with Crippen molar-refractivity contribution < 1.29 is 4.79 Å². The molecule has 1 aliphatic carbocycles. The number of nitrogens with zero attached hydrogens (tertiary/aromatic N) is 1. The second-order valence-corrected chi connectivity index (χ2v) is 5.34. The molecule has 0 aliphatic heterocycles. The summed E-state index contributed by atoms with van der Waals surface area (Å²) >= 11 is 0. The van der Waals surface area contributed by atoms with Crippen LogP contribution in [0.5, 0.6) is 0 Å². The van der Waals surface area contributed by atoms with Gasteiger partial charge in [-0.2, -0.15) is 0 Å². The molecule has 0 radical (unpaired) electrons. The molecule has 1 unspecified atom stereocenters. The van der Waals surface area contributed by atoms with Gasteiger partial charge in [-0.25, -0.2) is 0 Å². The SMILES string of the molecule is CC(C(=O)NCc1ccc2ccccc2n1)C1CC1. The largest absolute Gasteiger partial charge is 0.350 e. The number of pyridine rings is 1. The van der Waals surface area contributed by atoms with Crippen LogP contribution in [0.3, 0.4) is 0 Å². The number of para-hydroxylation sites is 1. The highest BCUT2D eigenvalue weighted by molar-refractivity contribution is 5.80. The van der Waals surface area contributed by atoms with Crippen LogP contribution in [0.4, 0.5) is 0 Å². The minimum Gasteiger partial charge on any atom is -0.350 e. The fraction of sp³-hybridized carbons (Fsp3) is 0.375. The lowest BCUT2D eigenvalue weighted by atomic mass is 10.1. The lowest BCUT2D eigenvalue weighted by molar-refractivity contribution is -0.125. The molecule has 2 aromatic rings. The van der Waals surface area contributed by atoms with E-state index in [9.17, 15) is 4.79 Å². The molecule has 1 heterocycles. The van der Waals surface area contributed by atoms with Crippen LogP contribution in [0, 0.1) is 11.8 Å². The number of benzene rings is 1. The number of nitrogens with one attached hydrogen (secondary N) is 1. The van der Waals surface area contributed by atoms with Crippen molar-refractivity contribution in [1.29, 1.82) is 0 Å². The maximum atomic E-state index is 11.9. The first kappa shape index (κ1) is 12.2. The fourth-order valence-electron chi connectivity index (χ4n) is 2.36. The van der Waals surface area contributed by atoms with Crippen LogP contribution in [0.25, 0.3) is 10.9 Å². The summed E-state index contributed by atoms with van der Waals surface area (Å²) in [7, 11) is 0. The molecular weight excluding hydrogens is 236 g/mol. The van der Waals surface area contributed by atoms with E-state index in [1.807, 2.05) is 43.3 Å². The lowest BCUT2D eigenvalue weighted by Crippen LogP contribution is -2.30. The summed E-state index contributed by atoms with van der Waals surface area (Å²) in [6.45, 7) is 2.53. The fourth-order valence-corrected chi connectivity index (χ4v) is 2.36. The molecule has 0 spiro atoms. The Labute approximate surface area is 113 Å². The summed E-state index contributed by atoms with van der Waals surface area (Å²) in [6, 6.07) is 12.0. The monoisotopic (exact) mass is 254 g/mol. The molecule has 98 valence electrons. The van der Waals surface area contributed by atoms with Gasteiger partial charge in [0.2, 0.25) is 5.91 Å². The zero-order chi connectivity index (χ0) is 13.2. The summed E-state index contributed by atoms with van der Waals surface area (Å²) in [4.78, 5) is 16.5. The van der Waals surface area contributed by atoms with Crippen LogP contribution in [0.2, 0.25) is 0 Å². The average molecular weight is 254 g/mol. The Bertz CT molecular complexity index is 604. The Morgan fingerprint density at radius 2 is 2.11 bits per heavy atom. The summed E-state index contributed by atoms with van der Waals surface area (Å²) in [5, 5.41) is 4.11. The number of carbonyl (C=O) groups excluding carboxylic acids is 1. The van der Waals surface area contributed by atoms with E-state index >= 15 is 0 Å². The van der Waals surface area contributed by atoms with E-state index in [1.54, 1.807) is 0 Å². The van der Waals surface area contributed by atoms with Crippen LogP contribution in [0.1, 0.15) is 25.5 Å². The van der Waals surface area contributed by atoms with Crippen molar-refractivity contribution in [2.24, 2.45) is 11.8 Å². The molecule has 19 heavy (non-hydrogen) atoms. The van der Waals surface area contributed by atoms with E-state index < -0.39 is 0 Å². The first-order chi connectivity index (χ1) is 9.24. The summed E-state index contributed by atoms with van der Waals surface area (Å²) in [5.41, 5.74) is 1.89. The first-order valence-corrected chi connectivity index (χ1v) is 6.86. The maximum absolute atomic E-state index is 11.9. The Balaban J connectivity index is 1.66. The van der Waals surface area contributed by atoms with Gasteiger partial charge < -0.3 is 5.32 Å². The van der Waals surface area contributed by atoms with Crippen molar-refractivity contribution in [3.05, 3.63) is 42.1 Å². The molecular formula is C16H18N2O. The van der Waals surface area contributed by atoms with Gasteiger partial charge >= 0.3 is 0 Å². The number of hydrogen-bond donors (Lipinski definition) is 1. The minimum absolute atomic E-state index is 0.139. The van der Waals surface area contributed by atoms with Crippen LogP contribution in [0.15, 0.2) is 36.4 Å². The number of fused-ring (bicyclic) bond motifs is 1. The Morgan fingerprint density at radius 3 is 2.89 bits per heavy atom. The molecule has 1 N–H and O–H groups in total. The third kappa shape index (κ3) is 2.75. The number of carbonyl (C=O) groups is 1. The van der Waals surface area contributed by atoms with Crippen molar-refractivity contribution in [3.63, 3.8) is 0 Å². The third-order valence-electron chi connectivity index (χ3n) is 3.84. The van der Waals surface area contributed by atoms with E-state index in [0.717, 1.165) is 16.6 Å². The highest BCUT2D eigenvalue weighted by Crippen LogP contribution is 2.36. The van der Waals surface area contributed by atoms with E-state index in [4.69, 9.17) is 0 Å². The van der Waals surface area contributed by atoms with Gasteiger partial charge in [0, 0.05) is 11.3 Å². The Morgan fingerprint density at radius 1 is 1.32 bits per heavy atom.